The minimum absolute atomic E-state index is 0.137. The molecule has 0 bridgehead atoms. The first-order valence-corrected chi connectivity index (χ1v) is 5.24. The molecule has 0 saturated carbocycles. The maximum Gasteiger partial charge on any atom is 0.155 e. The van der Waals surface area contributed by atoms with Gasteiger partial charge in [-0.15, -0.1) is 0 Å². The van der Waals surface area contributed by atoms with Gasteiger partial charge < -0.3 is 4.42 Å². The molecule has 82 valence electrons. The fourth-order valence-electron chi connectivity index (χ4n) is 1.33. The summed E-state index contributed by atoms with van der Waals surface area (Å²) in [6.45, 7) is 7.48. The summed E-state index contributed by atoms with van der Waals surface area (Å²) in [6.07, 6.45) is 2.82. The van der Waals surface area contributed by atoms with Crippen LogP contribution in [0.2, 0.25) is 0 Å². The zero-order valence-electron chi connectivity index (χ0n) is 9.83. The van der Waals surface area contributed by atoms with Crippen molar-refractivity contribution in [1.82, 2.24) is 0 Å². The lowest BCUT2D eigenvalue weighted by Crippen LogP contribution is -1.94. The van der Waals surface area contributed by atoms with Gasteiger partial charge in [-0.2, -0.15) is 0 Å². The van der Waals surface area contributed by atoms with Crippen molar-refractivity contribution in [3.8, 4) is 0 Å². The largest absolute Gasteiger partial charge is 0.466 e. The number of ketones is 1. The Morgan fingerprint density at radius 1 is 1.47 bits per heavy atom. The molecule has 0 fully saturated rings. The first-order valence-electron chi connectivity index (χ1n) is 5.24. The average Bonchev–Trinajstić information content (AvgIpc) is 2.60. The third-order valence-corrected chi connectivity index (χ3v) is 2.58. The normalized spacial score (nSPS) is 14.0. The molecular formula is C13H18O2. The van der Waals surface area contributed by atoms with Gasteiger partial charge in [0.2, 0.25) is 0 Å². The third kappa shape index (κ3) is 3.39. The molecular weight excluding hydrogens is 188 g/mol. The lowest BCUT2D eigenvalue weighted by Gasteiger charge is -2.05. The molecule has 0 aliphatic rings. The van der Waals surface area contributed by atoms with E-state index in [0.29, 0.717) is 5.92 Å². The average molecular weight is 206 g/mol. The van der Waals surface area contributed by atoms with Gasteiger partial charge in [-0.1, -0.05) is 13.0 Å². The Morgan fingerprint density at radius 3 is 2.60 bits per heavy atom. The monoisotopic (exact) mass is 206 g/mol. The van der Waals surface area contributed by atoms with Crippen LogP contribution in [0.15, 0.2) is 28.2 Å². The van der Waals surface area contributed by atoms with Gasteiger partial charge in [0, 0.05) is 5.92 Å². The molecule has 0 aliphatic heterocycles. The van der Waals surface area contributed by atoms with E-state index in [9.17, 15) is 4.79 Å². The second-order valence-corrected chi connectivity index (χ2v) is 4.03. The minimum atomic E-state index is 0.137. The first-order chi connectivity index (χ1) is 7.00. The maximum atomic E-state index is 11.0. The molecule has 0 aromatic carbocycles. The van der Waals surface area contributed by atoms with Crippen molar-refractivity contribution in [1.29, 1.82) is 0 Å². The molecule has 0 amide bonds. The Hall–Kier alpha value is -1.31. The third-order valence-electron chi connectivity index (χ3n) is 2.58. The molecule has 15 heavy (non-hydrogen) atoms. The molecule has 1 rings (SSSR count). The second kappa shape index (κ2) is 4.96. The summed E-state index contributed by atoms with van der Waals surface area (Å²) in [6, 6.07) is 3.96. The topological polar surface area (TPSA) is 30.2 Å². The highest BCUT2D eigenvalue weighted by Gasteiger charge is 2.08. The number of furan rings is 1. The van der Waals surface area contributed by atoms with E-state index in [1.54, 1.807) is 6.92 Å². The van der Waals surface area contributed by atoms with Gasteiger partial charge in [-0.25, -0.2) is 0 Å². The van der Waals surface area contributed by atoms with E-state index in [-0.39, 0.29) is 5.78 Å². The van der Waals surface area contributed by atoms with Gasteiger partial charge in [-0.05, 0) is 44.9 Å². The van der Waals surface area contributed by atoms with Crippen molar-refractivity contribution in [2.24, 2.45) is 0 Å². The van der Waals surface area contributed by atoms with Crippen LogP contribution in [-0.4, -0.2) is 5.78 Å². The van der Waals surface area contributed by atoms with Gasteiger partial charge >= 0.3 is 0 Å². The van der Waals surface area contributed by atoms with Gasteiger partial charge in [0.05, 0.1) is 0 Å². The summed E-state index contributed by atoms with van der Waals surface area (Å²) in [4.78, 5) is 11.0. The van der Waals surface area contributed by atoms with Gasteiger partial charge in [0.15, 0.2) is 5.78 Å². The van der Waals surface area contributed by atoms with E-state index >= 15 is 0 Å². The second-order valence-electron chi connectivity index (χ2n) is 4.03. The first kappa shape index (κ1) is 11.8. The molecule has 1 unspecified atom stereocenters. The summed E-state index contributed by atoms with van der Waals surface area (Å²) >= 11 is 0. The number of Topliss-reactive ketones (excluding diaryl/α,β-unsaturated/α-hetero) is 1. The number of carbonyl (C=O) groups excluding carboxylic acids is 1. The van der Waals surface area contributed by atoms with Crippen molar-refractivity contribution in [2.45, 2.75) is 40.0 Å². The van der Waals surface area contributed by atoms with Crippen molar-refractivity contribution in [3.05, 3.63) is 35.3 Å². The molecule has 0 saturated heterocycles. The number of aryl methyl sites for hydroxylation is 1. The highest BCUT2D eigenvalue weighted by atomic mass is 16.3. The summed E-state index contributed by atoms with van der Waals surface area (Å²) in [5, 5.41) is 0. The summed E-state index contributed by atoms with van der Waals surface area (Å²) in [7, 11) is 0. The van der Waals surface area contributed by atoms with E-state index in [1.807, 2.05) is 32.1 Å². The van der Waals surface area contributed by atoms with E-state index in [1.165, 1.54) is 0 Å². The molecule has 0 spiro atoms. The van der Waals surface area contributed by atoms with Crippen LogP contribution < -0.4 is 0 Å². The number of rotatable bonds is 4. The number of carbonyl (C=O) groups is 1. The molecule has 1 aromatic rings. The quantitative estimate of drug-likeness (QED) is 0.704. The predicted octanol–water partition coefficient (Wildman–Crippen LogP) is 3.62. The van der Waals surface area contributed by atoms with Crippen molar-refractivity contribution < 1.29 is 9.21 Å². The summed E-state index contributed by atoms with van der Waals surface area (Å²) < 4.78 is 5.52. The van der Waals surface area contributed by atoms with Crippen LogP contribution in [0.1, 0.15) is 44.6 Å². The smallest absolute Gasteiger partial charge is 0.155 e. The standard InChI is InChI=1S/C13H18O2/c1-9(12(4)14)5-6-10(2)13-8-7-11(3)15-13/h5,7-8,10H,6H2,1-4H3. The molecule has 0 aliphatic carbocycles. The van der Waals surface area contributed by atoms with Crippen LogP contribution in [0.4, 0.5) is 0 Å². The Bertz CT molecular complexity index is 372. The predicted molar refractivity (Wildman–Crippen MR) is 60.9 cm³/mol. The zero-order valence-corrected chi connectivity index (χ0v) is 9.83. The van der Waals surface area contributed by atoms with Crippen LogP contribution in [-0.2, 0) is 4.79 Å². The summed E-state index contributed by atoms with van der Waals surface area (Å²) in [5.74, 6) is 2.38. The molecule has 1 atom stereocenters. The van der Waals surface area contributed by atoms with Crippen LogP contribution in [0.25, 0.3) is 0 Å². The van der Waals surface area contributed by atoms with Crippen molar-refractivity contribution >= 4 is 5.78 Å². The lowest BCUT2D eigenvalue weighted by molar-refractivity contribution is -0.113. The highest BCUT2D eigenvalue weighted by molar-refractivity contribution is 5.92. The highest BCUT2D eigenvalue weighted by Crippen LogP contribution is 2.22. The van der Waals surface area contributed by atoms with E-state index in [2.05, 4.69) is 6.92 Å². The van der Waals surface area contributed by atoms with Gasteiger partial charge in [0.1, 0.15) is 11.5 Å². The molecule has 1 heterocycles. The Labute approximate surface area is 91.0 Å². The van der Waals surface area contributed by atoms with Crippen LogP contribution in [0.5, 0.6) is 0 Å². The minimum Gasteiger partial charge on any atom is -0.466 e. The van der Waals surface area contributed by atoms with E-state index in [0.717, 1.165) is 23.5 Å². The molecule has 0 N–H and O–H groups in total. The Balaban J connectivity index is 2.60. The number of hydrogen-bond donors (Lipinski definition) is 0. The Kier molecular flexibility index (Phi) is 3.89. The lowest BCUT2D eigenvalue weighted by atomic mass is 10.0. The van der Waals surface area contributed by atoms with Crippen LogP contribution in [0.3, 0.4) is 0 Å². The van der Waals surface area contributed by atoms with E-state index < -0.39 is 0 Å². The van der Waals surface area contributed by atoms with Crippen LogP contribution in [0, 0.1) is 6.92 Å². The van der Waals surface area contributed by atoms with Gasteiger partial charge in [0.25, 0.3) is 0 Å². The Morgan fingerprint density at radius 2 is 2.13 bits per heavy atom. The molecule has 2 heteroatoms. The maximum absolute atomic E-state index is 11.0. The van der Waals surface area contributed by atoms with Gasteiger partial charge in [-0.3, -0.25) is 4.79 Å². The van der Waals surface area contributed by atoms with Crippen LogP contribution >= 0.6 is 0 Å². The fraction of sp³-hybridized carbons (Fsp3) is 0.462. The number of allylic oxidation sites excluding steroid dienone is 2. The SMILES string of the molecule is CC(=O)C(C)=CCC(C)c1ccc(C)o1. The zero-order chi connectivity index (χ0) is 11.4. The molecule has 1 aromatic heterocycles. The summed E-state index contributed by atoms with van der Waals surface area (Å²) in [5.41, 5.74) is 0.824. The fourth-order valence-corrected chi connectivity index (χ4v) is 1.33. The van der Waals surface area contributed by atoms with Crippen molar-refractivity contribution in [2.75, 3.05) is 0 Å². The van der Waals surface area contributed by atoms with Crippen molar-refractivity contribution in [3.63, 3.8) is 0 Å². The molecule has 0 radical (unpaired) electrons. The number of hydrogen-bond acceptors (Lipinski definition) is 2. The van der Waals surface area contributed by atoms with E-state index in [4.69, 9.17) is 4.42 Å². The molecule has 2 nitrogen and oxygen atoms in total.